The van der Waals surface area contributed by atoms with Crippen LogP contribution in [0.3, 0.4) is 0 Å². The van der Waals surface area contributed by atoms with E-state index in [1.165, 1.54) is 219 Å². The summed E-state index contributed by atoms with van der Waals surface area (Å²) >= 11 is 0. The van der Waals surface area contributed by atoms with Crippen molar-refractivity contribution in [2.75, 3.05) is 19.6 Å². The Morgan fingerprint density at radius 1 is 0.310 bits per heavy atom. The SMILES string of the molecule is CCCCCCCCC(CCCCCCCC)OC(=O)CCCCCCCN(CCC)CCCCCCCC(=O)OC(CCCCCCCC)CCCCCCCC. The number of nitrogens with zero attached hydrogens (tertiary/aromatic N) is 1. The Morgan fingerprint density at radius 2 is 0.569 bits per heavy atom. The number of hydrogen-bond acceptors (Lipinski definition) is 5. The zero-order valence-corrected chi connectivity index (χ0v) is 40.3. The fourth-order valence-electron chi connectivity index (χ4n) is 8.55. The Balaban J connectivity index is 4.21. The minimum atomic E-state index is 0.0438. The number of ether oxygens (including phenoxy) is 2. The molecule has 346 valence electrons. The normalized spacial score (nSPS) is 11.7. The molecule has 58 heavy (non-hydrogen) atoms. The van der Waals surface area contributed by atoms with Crippen LogP contribution in [0.4, 0.5) is 0 Å². The highest BCUT2D eigenvalue weighted by Gasteiger charge is 2.16. The number of hydrogen-bond donors (Lipinski definition) is 0. The Bertz CT molecular complexity index is 737. The Kier molecular flexibility index (Phi) is 46.1. The van der Waals surface area contributed by atoms with Crippen molar-refractivity contribution < 1.29 is 19.1 Å². The first-order valence-electron chi connectivity index (χ1n) is 26.6. The summed E-state index contributed by atoms with van der Waals surface area (Å²) in [4.78, 5) is 28.2. The quantitative estimate of drug-likeness (QED) is 0.0452. The summed E-state index contributed by atoms with van der Waals surface area (Å²) in [5.74, 6) is 0.0875. The van der Waals surface area contributed by atoms with Gasteiger partial charge in [0.1, 0.15) is 12.2 Å². The van der Waals surface area contributed by atoms with E-state index in [9.17, 15) is 9.59 Å². The molecule has 0 aromatic heterocycles. The maximum absolute atomic E-state index is 12.8. The largest absolute Gasteiger partial charge is 0.462 e. The summed E-state index contributed by atoms with van der Waals surface area (Å²) in [5, 5.41) is 0. The minimum Gasteiger partial charge on any atom is -0.462 e. The van der Waals surface area contributed by atoms with E-state index >= 15 is 0 Å². The third-order valence-corrected chi connectivity index (χ3v) is 12.4. The number of carbonyl (C=O) groups excluding carboxylic acids is 2. The summed E-state index contributed by atoms with van der Waals surface area (Å²) in [7, 11) is 0. The van der Waals surface area contributed by atoms with E-state index < -0.39 is 0 Å². The van der Waals surface area contributed by atoms with Crippen molar-refractivity contribution in [1.82, 2.24) is 4.90 Å². The predicted octanol–water partition coefficient (Wildman–Crippen LogP) is 17.2. The van der Waals surface area contributed by atoms with Crippen LogP contribution in [-0.2, 0) is 19.1 Å². The first kappa shape index (κ1) is 56.9. The summed E-state index contributed by atoms with van der Waals surface area (Å²) in [6, 6.07) is 0. The second-order valence-electron chi connectivity index (χ2n) is 18.3. The predicted molar refractivity (Wildman–Crippen MR) is 254 cm³/mol. The van der Waals surface area contributed by atoms with Gasteiger partial charge in [0.15, 0.2) is 0 Å². The van der Waals surface area contributed by atoms with Gasteiger partial charge in [-0.2, -0.15) is 0 Å². The van der Waals surface area contributed by atoms with Gasteiger partial charge in [0.25, 0.3) is 0 Å². The van der Waals surface area contributed by atoms with E-state index in [1.54, 1.807) is 0 Å². The summed E-state index contributed by atoms with van der Waals surface area (Å²) in [5.41, 5.74) is 0. The second kappa shape index (κ2) is 47.0. The van der Waals surface area contributed by atoms with Crippen LogP contribution in [0.15, 0.2) is 0 Å². The smallest absolute Gasteiger partial charge is 0.306 e. The van der Waals surface area contributed by atoms with Crippen LogP contribution in [0.5, 0.6) is 0 Å². The average molecular weight is 820 g/mol. The van der Waals surface area contributed by atoms with Gasteiger partial charge in [-0.15, -0.1) is 0 Å². The zero-order valence-electron chi connectivity index (χ0n) is 40.3. The fraction of sp³-hybridized carbons (Fsp3) is 0.962. The van der Waals surface area contributed by atoms with Crippen molar-refractivity contribution in [1.29, 1.82) is 0 Å². The summed E-state index contributed by atoms with van der Waals surface area (Å²) in [6.45, 7) is 15.0. The summed E-state index contributed by atoms with van der Waals surface area (Å²) in [6.07, 6.45) is 49.6. The van der Waals surface area contributed by atoms with Gasteiger partial charge in [0, 0.05) is 12.8 Å². The molecule has 0 amide bonds. The first-order valence-corrected chi connectivity index (χ1v) is 26.6. The molecule has 0 aromatic rings. The highest BCUT2D eigenvalue weighted by Crippen LogP contribution is 2.20. The molecule has 0 radical (unpaired) electrons. The molecule has 0 unspecified atom stereocenters. The lowest BCUT2D eigenvalue weighted by Gasteiger charge is -2.21. The van der Waals surface area contributed by atoms with Gasteiger partial charge in [-0.1, -0.05) is 202 Å². The second-order valence-corrected chi connectivity index (χ2v) is 18.3. The molecule has 0 saturated heterocycles. The van der Waals surface area contributed by atoms with Crippen LogP contribution >= 0.6 is 0 Å². The van der Waals surface area contributed by atoms with Gasteiger partial charge in [0.05, 0.1) is 0 Å². The molecule has 5 heteroatoms. The number of rotatable bonds is 48. The first-order chi connectivity index (χ1) is 28.5. The zero-order chi connectivity index (χ0) is 42.4. The van der Waals surface area contributed by atoms with Crippen LogP contribution in [-0.4, -0.2) is 48.7 Å². The van der Waals surface area contributed by atoms with E-state index in [0.29, 0.717) is 12.8 Å². The van der Waals surface area contributed by atoms with E-state index in [2.05, 4.69) is 39.5 Å². The van der Waals surface area contributed by atoms with Gasteiger partial charge < -0.3 is 14.4 Å². The molecule has 0 bridgehead atoms. The molecule has 0 saturated carbocycles. The van der Waals surface area contributed by atoms with Crippen molar-refractivity contribution >= 4 is 11.9 Å². The number of carbonyl (C=O) groups is 2. The molecule has 0 aromatic carbocycles. The third-order valence-electron chi connectivity index (χ3n) is 12.4. The lowest BCUT2D eigenvalue weighted by Crippen LogP contribution is -2.27. The lowest BCUT2D eigenvalue weighted by molar-refractivity contribution is -0.151. The molecule has 0 heterocycles. The molecule has 0 rings (SSSR count). The standard InChI is InChI=1S/C53H105NO4/c1-6-11-15-19-25-33-41-50(42-34-26-20-16-12-7-2)57-52(55)45-37-29-23-31-39-48-54(47-10-5)49-40-32-24-30-38-46-53(56)58-51(43-35-27-21-17-13-8-3)44-36-28-22-18-14-9-4/h50-51H,6-49H2,1-5H3. The molecular formula is C53H105NO4. The van der Waals surface area contributed by atoms with Gasteiger partial charge in [-0.05, 0) is 103 Å². The lowest BCUT2D eigenvalue weighted by atomic mass is 10.0. The van der Waals surface area contributed by atoms with Gasteiger partial charge in [-0.3, -0.25) is 9.59 Å². The van der Waals surface area contributed by atoms with Crippen LogP contribution < -0.4 is 0 Å². The Hall–Kier alpha value is -1.10. The van der Waals surface area contributed by atoms with Crippen LogP contribution in [0.25, 0.3) is 0 Å². The van der Waals surface area contributed by atoms with E-state index in [-0.39, 0.29) is 24.1 Å². The molecule has 5 nitrogen and oxygen atoms in total. The van der Waals surface area contributed by atoms with Crippen LogP contribution in [0.2, 0.25) is 0 Å². The van der Waals surface area contributed by atoms with Gasteiger partial charge in [0.2, 0.25) is 0 Å². The molecule has 0 aliphatic heterocycles. The molecule has 0 atom stereocenters. The molecule has 0 spiro atoms. The molecule has 0 aliphatic carbocycles. The van der Waals surface area contributed by atoms with Crippen molar-refractivity contribution in [3.63, 3.8) is 0 Å². The molecule has 0 fully saturated rings. The number of esters is 2. The van der Waals surface area contributed by atoms with Gasteiger partial charge in [-0.25, -0.2) is 0 Å². The molecular weight excluding hydrogens is 715 g/mol. The van der Waals surface area contributed by atoms with Crippen molar-refractivity contribution in [3.05, 3.63) is 0 Å². The highest BCUT2D eigenvalue weighted by molar-refractivity contribution is 5.69. The Morgan fingerprint density at radius 3 is 0.862 bits per heavy atom. The van der Waals surface area contributed by atoms with Gasteiger partial charge >= 0.3 is 11.9 Å². The van der Waals surface area contributed by atoms with Crippen molar-refractivity contribution in [2.24, 2.45) is 0 Å². The van der Waals surface area contributed by atoms with Crippen LogP contribution in [0, 0.1) is 0 Å². The van der Waals surface area contributed by atoms with Crippen molar-refractivity contribution in [2.45, 2.75) is 310 Å². The van der Waals surface area contributed by atoms with Crippen LogP contribution in [0.1, 0.15) is 298 Å². The van der Waals surface area contributed by atoms with E-state index in [1.807, 2.05) is 0 Å². The fourth-order valence-corrected chi connectivity index (χ4v) is 8.55. The van der Waals surface area contributed by atoms with E-state index in [0.717, 1.165) is 51.4 Å². The molecule has 0 aliphatic rings. The third kappa shape index (κ3) is 41.6. The minimum absolute atomic E-state index is 0.0438. The molecule has 0 N–H and O–H groups in total. The Labute approximate surface area is 364 Å². The van der Waals surface area contributed by atoms with E-state index in [4.69, 9.17) is 9.47 Å². The van der Waals surface area contributed by atoms with Crippen molar-refractivity contribution in [3.8, 4) is 0 Å². The average Bonchev–Trinajstić information content (AvgIpc) is 3.21. The highest BCUT2D eigenvalue weighted by atomic mass is 16.5. The number of unbranched alkanes of at least 4 members (excludes halogenated alkanes) is 28. The maximum Gasteiger partial charge on any atom is 0.306 e. The topological polar surface area (TPSA) is 55.8 Å². The monoisotopic (exact) mass is 820 g/mol. The summed E-state index contributed by atoms with van der Waals surface area (Å²) < 4.78 is 12.1. The maximum atomic E-state index is 12.8.